The monoisotopic (exact) mass is 342 g/mol. The van der Waals surface area contributed by atoms with Crippen LogP contribution in [0.4, 0.5) is 4.39 Å². The molecular formula is C22H31FN2. The van der Waals surface area contributed by atoms with Crippen molar-refractivity contribution >= 4 is 0 Å². The smallest absolute Gasteiger partial charge is 0.123 e. The van der Waals surface area contributed by atoms with Gasteiger partial charge in [-0.3, -0.25) is 4.90 Å². The highest BCUT2D eigenvalue weighted by Gasteiger charge is 2.09. The van der Waals surface area contributed by atoms with Crippen molar-refractivity contribution in [1.29, 1.82) is 0 Å². The van der Waals surface area contributed by atoms with Gasteiger partial charge in [0.15, 0.2) is 0 Å². The molecule has 0 heterocycles. The first-order chi connectivity index (χ1) is 11.9. The van der Waals surface area contributed by atoms with Crippen molar-refractivity contribution in [2.45, 2.75) is 33.4 Å². The summed E-state index contributed by atoms with van der Waals surface area (Å²) in [6.45, 7) is 8.25. The normalized spacial score (nSPS) is 11.7. The van der Waals surface area contributed by atoms with E-state index in [1.54, 1.807) is 12.1 Å². The molecule has 25 heavy (non-hydrogen) atoms. The molecule has 0 unspecified atom stereocenters. The van der Waals surface area contributed by atoms with E-state index >= 15 is 0 Å². The molecular weight excluding hydrogens is 311 g/mol. The molecule has 0 N–H and O–H groups in total. The van der Waals surface area contributed by atoms with E-state index in [1.165, 1.54) is 11.1 Å². The maximum absolute atomic E-state index is 13.2. The molecule has 0 radical (unpaired) electrons. The van der Waals surface area contributed by atoms with Crippen LogP contribution in [0.15, 0.2) is 48.5 Å². The SMILES string of the molecule is CC(C)Cc1cccc(CN(CCN(C)C)Cc2ccc(F)cc2)c1. The number of likely N-dealkylation sites (N-methyl/N-ethyl adjacent to an activating group) is 1. The van der Waals surface area contributed by atoms with Crippen LogP contribution in [-0.4, -0.2) is 37.0 Å². The summed E-state index contributed by atoms with van der Waals surface area (Å²) in [5.74, 6) is 0.490. The molecule has 2 rings (SSSR count). The Balaban J connectivity index is 2.08. The van der Waals surface area contributed by atoms with Crippen LogP contribution in [0.3, 0.4) is 0 Å². The predicted molar refractivity (Wildman–Crippen MR) is 104 cm³/mol. The lowest BCUT2D eigenvalue weighted by Crippen LogP contribution is -2.31. The first-order valence-electron chi connectivity index (χ1n) is 9.11. The molecule has 0 aliphatic rings. The van der Waals surface area contributed by atoms with Crippen LogP contribution < -0.4 is 0 Å². The largest absolute Gasteiger partial charge is 0.308 e. The van der Waals surface area contributed by atoms with E-state index in [-0.39, 0.29) is 5.82 Å². The Labute approximate surface area is 152 Å². The van der Waals surface area contributed by atoms with Crippen LogP contribution in [0.2, 0.25) is 0 Å². The number of rotatable bonds is 9. The number of nitrogens with zero attached hydrogens (tertiary/aromatic N) is 2. The van der Waals surface area contributed by atoms with Gasteiger partial charge in [-0.15, -0.1) is 0 Å². The molecule has 0 bridgehead atoms. The van der Waals surface area contributed by atoms with Crippen molar-refractivity contribution in [1.82, 2.24) is 9.80 Å². The van der Waals surface area contributed by atoms with Gasteiger partial charge >= 0.3 is 0 Å². The van der Waals surface area contributed by atoms with E-state index in [0.29, 0.717) is 5.92 Å². The van der Waals surface area contributed by atoms with E-state index in [1.807, 2.05) is 12.1 Å². The van der Waals surface area contributed by atoms with Crippen LogP contribution in [0.25, 0.3) is 0 Å². The fraction of sp³-hybridized carbons (Fsp3) is 0.455. The number of halogens is 1. The van der Waals surface area contributed by atoms with Crippen LogP contribution >= 0.6 is 0 Å². The Morgan fingerprint density at radius 3 is 2.12 bits per heavy atom. The zero-order valence-electron chi connectivity index (χ0n) is 16.0. The number of hydrogen-bond donors (Lipinski definition) is 0. The molecule has 0 aliphatic heterocycles. The summed E-state index contributed by atoms with van der Waals surface area (Å²) in [4.78, 5) is 4.63. The van der Waals surface area contributed by atoms with Crippen molar-refractivity contribution in [2.24, 2.45) is 5.92 Å². The zero-order chi connectivity index (χ0) is 18.2. The zero-order valence-corrected chi connectivity index (χ0v) is 16.0. The van der Waals surface area contributed by atoms with Gasteiger partial charge in [-0.2, -0.15) is 0 Å². The minimum atomic E-state index is -0.176. The molecule has 2 nitrogen and oxygen atoms in total. The van der Waals surface area contributed by atoms with Crippen molar-refractivity contribution in [3.63, 3.8) is 0 Å². The van der Waals surface area contributed by atoms with Gasteiger partial charge < -0.3 is 4.90 Å². The van der Waals surface area contributed by atoms with Crippen LogP contribution in [-0.2, 0) is 19.5 Å². The Hall–Kier alpha value is -1.71. The molecule has 0 aliphatic carbocycles. The molecule has 0 saturated heterocycles. The fourth-order valence-corrected chi connectivity index (χ4v) is 2.99. The van der Waals surface area contributed by atoms with Crippen LogP contribution in [0.1, 0.15) is 30.5 Å². The van der Waals surface area contributed by atoms with E-state index in [2.05, 4.69) is 62.0 Å². The summed E-state index contributed by atoms with van der Waals surface area (Å²) in [6.07, 6.45) is 1.11. The Kier molecular flexibility index (Phi) is 7.60. The summed E-state index contributed by atoms with van der Waals surface area (Å²) in [7, 11) is 4.19. The average molecular weight is 343 g/mol. The maximum atomic E-state index is 13.2. The Bertz CT molecular complexity index is 635. The summed E-state index contributed by atoms with van der Waals surface area (Å²) in [6, 6.07) is 15.8. The summed E-state index contributed by atoms with van der Waals surface area (Å²) < 4.78 is 13.2. The third kappa shape index (κ3) is 7.37. The molecule has 0 amide bonds. The molecule has 0 aromatic heterocycles. The first-order valence-corrected chi connectivity index (χ1v) is 9.11. The topological polar surface area (TPSA) is 6.48 Å². The minimum absolute atomic E-state index is 0.176. The lowest BCUT2D eigenvalue weighted by atomic mass is 10.0. The lowest BCUT2D eigenvalue weighted by molar-refractivity contribution is 0.226. The predicted octanol–water partition coefficient (Wildman–Crippen LogP) is 4.59. The standard InChI is InChI=1S/C22H31FN2/c1-18(2)14-20-6-5-7-21(15-20)17-25(13-12-24(3)4)16-19-8-10-22(23)11-9-19/h5-11,15,18H,12-14,16-17H2,1-4H3. The van der Waals surface area contributed by atoms with Crippen molar-refractivity contribution in [3.05, 3.63) is 71.0 Å². The third-order valence-corrected chi connectivity index (χ3v) is 4.22. The van der Waals surface area contributed by atoms with Crippen molar-refractivity contribution in [2.75, 3.05) is 27.2 Å². The highest BCUT2D eigenvalue weighted by atomic mass is 19.1. The second kappa shape index (κ2) is 9.69. The number of hydrogen-bond acceptors (Lipinski definition) is 2. The van der Waals surface area contributed by atoms with E-state index in [4.69, 9.17) is 0 Å². The second-order valence-corrected chi connectivity index (χ2v) is 7.56. The van der Waals surface area contributed by atoms with Crippen molar-refractivity contribution in [3.8, 4) is 0 Å². The minimum Gasteiger partial charge on any atom is -0.308 e. The van der Waals surface area contributed by atoms with Gasteiger partial charge in [0, 0.05) is 26.2 Å². The Morgan fingerprint density at radius 1 is 0.840 bits per heavy atom. The summed E-state index contributed by atoms with van der Waals surface area (Å²) in [5, 5.41) is 0. The summed E-state index contributed by atoms with van der Waals surface area (Å²) >= 11 is 0. The van der Waals surface area contributed by atoms with E-state index < -0.39 is 0 Å². The first kappa shape index (κ1) is 19.6. The van der Waals surface area contributed by atoms with Gasteiger partial charge in [-0.1, -0.05) is 50.2 Å². The second-order valence-electron chi connectivity index (χ2n) is 7.56. The highest BCUT2D eigenvalue weighted by molar-refractivity contribution is 5.24. The summed E-state index contributed by atoms with van der Waals surface area (Å²) in [5.41, 5.74) is 3.90. The molecule has 2 aromatic rings. The van der Waals surface area contributed by atoms with Crippen molar-refractivity contribution < 1.29 is 4.39 Å². The van der Waals surface area contributed by atoms with Gasteiger partial charge in [-0.05, 0) is 55.3 Å². The van der Waals surface area contributed by atoms with E-state index in [0.717, 1.165) is 38.2 Å². The van der Waals surface area contributed by atoms with Gasteiger partial charge in [0.1, 0.15) is 5.82 Å². The highest BCUT2D eigenvalue weighted by Crippen LogP contribution is 2.14. The Morgan fingerprint density at radius 2 is 1.48 bits per heavy atom. The molecule has 2 aromatic carbocycles. The molecule has 0 spiro atoms. The van der Waals surface area contributed by atoms with Gasteiger partial charge in [0.05, 0.1) is 0 Å². The molecule has 0 saturated carbocycles. The van der Waals surface area contributed by atoms with Crippen LogP contribution in [0.5, 0.6) is 0 Å². The maximum Gasteiger partial charge on any atom is 0.123 e. The van der Waals surface area contributed by atoms with Crippen LogP contribution in [0, 0.1) is 11.7 Å². The van der Waals surface area contributed by atoms with Gasteiger partial charge in [-0.25, -0.2) is 4.39 Å². The third-order valence-electron chi connectivity index (χ3n) is 4.22. The number of benzene rings is 2. The molecule has 0 atom stereocenters. The average Bonchev–Trinajstić information content (AvgIpc) is 2.54. The lowest BCUT2D eigenvalue weighted by Gasteiger charge is -2.24. The van der Waals surface area contributed by atoms with E-state index in [9.17, 15) is 4.39 Å². The van der Waals surface area contributed by atoms with Gasteiger partial charge in [0.25, 0.3) is 0 Å². The molecule has 3 heteroatoms. The quantitative estimate of drug-likeness (QED) is 0.658. The fourth-order valence-electron chi connectivity index (χ4n) is 2.99. The molecule has 0 fully saturated rings. The van der Waals surface area contributed by atoms with Gasteiger partial charge in [0.2, 0.25) is 0 Å². The molecule has 136 valence electrons.